The standard InChI is InChI=1S/C12H13BrN2O3S/c13-10-1-3-11(4-2-10)19(16,17)15-12(9-14)5-7-18-8-6-12/h1-4,15H,5-8H2. The molecular formula is C12H13BrN2O3S. The molecule has 0 radical (unpaired) electrons. The summed E-state index contributed by atoms with van der Waals surface area (Å²) >= 11 is 3.25. The fraction of sp³-hybridized carbons (Fsp3) is 0.417. The van der Waals surface area contributed by atoms with Crippen LogP contribution >= 0.6 is 15.9 Å². The summed E-state index contributed by atoms with van der Waals surface area (Å²) in [4.78, 5) is 0.150. The third-order valence-corrected chi connectivity index (χ3v) is 5.09. The monoisotopic (exact) mass is 344 g/mol. The van der Waals surface area contributed by atoms with Crippen LogP contribution in [0.2, 0.25) is 0 Å². The highest BCUT2D eigenvalue weighted by atomic mass is 79.9. The number of nitriles is 1. The number of halogens is 1. The maximum atomic E-state index is 12.3. The molecule has 1 saturated heterocycles. The van der Waals surface area contributed by atoms with Gasteiger partial charge in [0.2, 0.25) is 10.0 Å². The van der Waals surface area contributed by atoms with E-state index in [9.17, 15) is 13.7 Å². The molecule has 0 aliphatic carbocycles. The zero-order valence-corrected chi connectivity index (χ0v) is 12.5. The van der Waals surface area contributed by atoms with Crippen molar-refractivity contribution in [3.05, 3.63) is 28.7 Å². The molecule has 0 unspecified atom stereocenters. The lowest BCUT2D eigenvalue weighted by Gasteiger charge is -2.31. The minimum atomic E-state index is -3.70. The van der Waals surface area contributed by atoms with E-state index in [1.165, 1.54) is 12.1 Å². The number of hydrogen-bond donors (Lipinski definition) is 1. The third kappa shape index (κ3) is 3.34. The summed E-state index contributed by atoms with van der Waals surface area (Å²) in [6.45, 7) is 0.771. The van der Waals surface area contributed by atoms with Gasteiger partial charge in [-0.3, -0.25) is 0 Å². The van der Waals surface area contributed by atoms with Gasteiger partial charge < -0.3 is 4.74 Å². The Balaban J connectivity index is 2.25. The lowest BCUT2D eigenvalue weighted by Crippen LogP contribution is -2.50. The van der Waals surface area contributed by atoms with Gasteiger partial charge in [0.05, 0.1) is 11.0 Å². The maximum Gasteiger partial charge on any atom is 0.241 e. The van der Waals surface area contributed by atoms with Crippen molar-refractivity contribution in [3.63, 3.8) is 0 Å². The molecule has 102 valence electrons. The molecule has 5 nitrogen and oxygen atoms in total. The van der Waals surface area contributed by atoms with E-state index >= 15 is 0 Å². The quantitative estimate of drug-likeness (QED) is 0.906. The van der Waals surface area contributed by atoms with Crippen molar-refractivity contribution >= 4 is 26.0 Å². The fourth-order valence-electron chi connectivity index (χ4n) is 1.89. The second-order valence-electron chi connectivity index (χ2n) is 4.37. The smallest absolute Gasteiger partial charge is 0.241 e. The highest BCUT2D eigenvalue weighted by Gasteiger charge is 2.37. The van der Waals surface area contributed by atoms with Gasteiger partial charge in [0.15, 0.2) is 0 Å². The lowest BCUT2D eigenvalue weighted by molar-refractivity contribution is 0.0651. The second-order valence-corrected chi connectivity index (χ2v) is 6.96. The van der Waals surface area contributed by atoms with Gasteiger partial charge in [-0.2, -0.15) is 9.98 Å². The number of sulfonamides is 1. The van der Waals surface area contributed by atoms with Crippen molar-refractivity contribution in [1.82, 2.24) is 4.72 Å². The first-order valence-electron chi connectivity index (χ1n) is 5.76. The molecule has 0 aromatic heterocycles. The summed E-state index contributed by atoms with van der Waals surface area (Å²) in [5, 5.41) is 9.26. The lowest BCUT2D eigenvalue weighted by atomic mass is 9.93. The van der Waals surface area contributed by atoms with Gasteiger partial charge in [0, 0.05) is 30.5 Å². The molecule has 1 heterocycles. The third-order valence-electron chi connectivity index (χ3n) is 3.01. The van der Waals surface area contributed by atoms with Crippen molar-refractivity contribution in [1.29, 1.82) is 5.26 Å². The molecule has 7 heteroatoms. The van der Waals surface area contributed by atoms with Crippen molar-refractivity contribution < 1.29 is 13.2 Å². The van der Waals surface area contributed by atoms with Crippen molar-refractivity contribution in [2.45, 2.75) is 23.3 Å². The second kappa shape index (κ2) is 5.59. The van der Waals surface area contributed by atoms with Crippen LogP contribution in [0, 0.1) is 11.3 Å². The Morgan fingerprint density at radius 1 is 1.26 bits per heavy atom. The highest BCUT2D eigenvalue weighted by molar-refractivity contribution is 9.10. The Bertz CT molecular complexity index is 586. The molecule has 1 N–H and O–H groups in total. The van der Waals surface area contributed by atoms with E-state index in [2.05, 4.69) is 26.7 Å². The Morgan fingerprint density at radius 2 is 1.84 bits per heavy atom. The van der Waals surface area contributed by atoms with Crippen LogP contribution in [0.4, 0.5) is 0 Å². The van der Waals surface area contributed by atoms with E-state index in [4.69, 9.17) is 4.74 Å². The zero-order chi connectivity index (χ0) is 13.9. The van der Waals surface area contributed by atoms with Crippen molar-refractivity contribution in [3.8, 4) is 6.07 Å². The molecule has 1 aromatic rings. The molecule has 1 fully saturated rings. The Kier molecular flexibility index (Phi) is 4.26. The zero-order valence-electron chi connectivity index (χ0n) is 10.1. The van der Waals surface area contributed by atoms with Gasteiger partial charge in [-0.1, -0.05) is 15.9 Å². The van der Waals surface area contributed by atoms with Crippen molar-refractivity contribution in [2.24, 2.45) is 0 Å². The summed E-state index contributed by atoms with van der Waals surface area (Å²) in [6, 6.07) is 8.37. The van der Waals surface area contributed by atoms with Gasteiger partial charge in [-0.05, 0) is 24.3 Å². The summed E-state index contributed by atoms with van der Waals surface area (Å²) in [7, 11) is -3.70. The topological polar surface area (TPSA) is 79.2 Å². The number of ether oxygens (including phenoxy) is 1. The molecule has 0 bridgehead atoms. The van der Waals surface area contributed by atoms with Crippen LogP contribution < -0.4 is 4.72 Å². The molecule has 19 heavy (non-hydrogen) atoms. The van der Waals surface area contributed by atoms with E-state index < -0.39 is 15.6 Å². The molecule has 0 spiro atoms. The fourth-order valence-corrected chi connectivity index (χ4v) is 3.53. The average molecular weight is 345 g/mol. The van der Waals surface area contributed by atoms with Gasteiger partial charge in [0.25, 0.3) is 0 Å². The first kappa shape index (κ1) is 14.5. The van der Waals surface area contributed by atoms with Gasteiger partial charge in [-0.15, -0.1) is 0 Å². The van der Waals surface area contributed by atoms with Gasteiger partial charge >= 0.3 is 0 Å². The largest absolute Gasteiger partial charge is 0.381 e. The van der Waals surface area contributed by atoms with Crippen molar-refractivity contribution in [2.75, 3.05) is 13.2 Å². The Hall–Kier alpha value is -0.940. The van der Waals surface area contributed by atoms with Crippen LogP contribution in [-0.2, 0) is 14.8 Å². The molecule has 1 aliphatic heterocycles. The van der Waals surface area contributed by atoms with Gasteiger partial charge in [-0.25, -0.2) is 8.42 Å². The number of benzene rings is 1. The highest BCUT2D eigenvalue weighted by Crippen LogP contribution is 2.23. The summed E-state index contributed by atoms with van der Waals surface area (Å²) in [5.74, 6) is 0. The summed E-state index contributed by atoms with van der Waals surface area (Å²) in [6.07, 6.45) is 0.721. The molecule has 1 aliphatic rings. The number of nitrogens with zero attached hydrogens (tertiary/aromatic N) is 1. The van der Waals surface area contributed by atoms with Crippen LogP contribution in [0.5, 0.6) is 0 Å². The Morgan fingerprint density at radius 3 is 2.37 bits per heavy atom. The van der Waals surface area contributed by atoms with E-state index in [0.717, 1.165) is 4.47 Å². The first-order chi connectivity index (χ1) is 8.97. The number of rotatable bonds is 3. The predicted octanol–water partition coefficient (Wildman–Crippen LogP) is 1.80. The molecular weight excluding hydrogens is 332 g/mol. The summed E-state index contributed by atoms with van der Waals surface area (Å²) < 4.78 is 33.0. The van der Waals surface area contributed by atoms with Crippen LogP contribution in [0.25, 0.3) is 0 Å². The molecule has 1 aromatic carbocycles. The SMILES string of the molecule is N#CC1(NS(=O)(=O)c2ccc(Br)cc2)CCOCC1. The van der Waals surface area contributed by atoms with E-state index in [-0.39, 0.29) is 4.90 Å². The maximum absolute atomic E-state index is 12.3. The van der Waals surface area contributed by atoms with E-state index in [1.54, 1.807) is 12.1 Å². The van der Waals surface area contributed by atoms with Crippen LogP contribution in [0.15, 0.2) is 33.6 Å². The van der Waals surface area contributed by atoms with Crippen LogP contribution in [-0.4, -0.2) is 27.2 Å². The minimum absolute atomic E-state index is 0.150. The van der Waals surface area contributed by atoms with Gasteiger partial charge in [0.1, 0.15) is 5.54 Å². The van der Waals surface area contributed by atoms with E-state index in [0.29, 0.717) is 26.1 Å². The van der Waals surface area contributed by atoms with E-state index in [1.807, 2.05) is 0 Å². The predicted molar refractivity (Wildman–Crippen MR) is 72.9 cm³/mol. The molecule has 0 saturated carbocycles. The minimum Gasteiger partial charge on any atom is -0.381 e. The van der Waals surface area contributed by atoms with Crippen LogP contribution in [0.3, 0.4) is 0 Å². The number of nitrogens with one attached hydrogen (secondary N) is 1. The molecule has 0 atom stereocenters. The normalized spacial score (nSPS) is 18.7. The molecule has 0 amide bonds. The summed E-state index contributed by atoms with van der Waals surface area (Å²) in [5.41, 5.74) is -1.07. The number of hydrogen-bond acceptors (Lipinski definition) is 4. The average Bonchev–Trinajstić information content (AvgIpc) is 2.40. The molecule has 2 rings (SSSR count). The van der Waals surface area contributed by atoms with Crippen LogP contribution in [0.1, 0.15) is 12.8 Å². The Labute approximate surface area is 120 Å². The first-order valence-corrected chi connectivity index (χ1v) is 8.04.